The van der Waals surface area contributed by atoms with E-state index in [-0.39, 0.29) is 17.2 Å². The Morgan fingerprint density at radius 2 is 1.93 bits per heavy atom. The molecular formula is C17H23N5O2S3. The minimum atomic E-state index is -0.473. The number of carbonyl (C=O) groups is 2. The Morgan fingerprint density at radius 1 is 1.19 bits per heavy atom. The molecule has 0 atom stereocenters. The lowest BCUT2D eigenvalue weighted by Gasteiger charge is -2.18. The summed E-state index contributed by atoms with van der Waals surface area (Å²) in [7, 11) is 0. The Hall–Kier alpha value is -1.65. The fourth-order valence-corrected chi connectivity index (χ4v) is 5.92. The number of thiophene rings is 1. The average molecular weight is 426 g/mol. The highest BCUT2D eigenvalue weighted by Crippen LogP contribution is 2.38. The molecular weight excluding hydrogens is 402 g/mol. The number of nitrogens with two attached hydrogens (primary N) is 1. The van der Waals surface area contributed by atoms with E-state index in [0.29, 0.717) is 10.6 Å². The van der Waals surface area contributed by atoms with Crippen molar-refractivity contribution in [3.63, 3.8) is 0 Å². The second-order valence-corrected chi connectivity index (χ2v) is 10.7. The monoisotopic (exact) mass is 425 g/mol. The molecule has 0 spiro atoms. The predicted octanol–water partition coefficient (Wildman–Crippen LogP) is 3.52. The minimum absolute atomic E-state index is 0.0949. The number of nitrogens with zero attached hydrogens (tertiary/aromatic N) is 2. The van der Waals surface area contributed by atoms with Gasteiger partial charge in [0, 0.05) is 10.4 Å². The Bertz CT molecular complexity index is 853. The summed E-state index contributed by atoms with van der Waals surface area (Å²) >= 11 is 4.21. The van der Waals surface area contributed by atoms with Crippen molar-refractivity contribution in [1.29, 1.82) is 0 Å². The van der Waals surface area contributed by atoms with Gasteiger partial charge in [0.25, 0.3) is 5.91 Å². The van der Waals surface area contributed by atoms with Crippen LogP contribution in [-0.2, 0) is 17.6 Å². The number of hydrogen-bond acceptors (Lipinski definition) is 8. The third-order valence-electron chi connectivity index (χ3n) is 3.89. The summed E-state index contributed by atoms with van der Waals surface area (Å²) in [5.74, 6) is -0.453. The standard InChI is InChI=1S/C17H23N5O2S3/c1-17(2,3)20-15-21-22-16(27-15)25-8-11(23)19-14-12(13(18)24)9-6-4-5-7-10(9)26-14/h4-8H2,1-3H3,(H2,18,24)(H,19,23)(H,20,21). The largest absolute Gasteiger partial charge is 0.365 e. The number of hydrogen-bond donors (Lipinski definition) is 3. The maximum absolute atomic E-state index is 12.4. The Kier molecular flexibility index (Phi) is 6.07. The smallest absolute Gasteiger partial charge is 0.251 e. The van der Waals surface area contributed by atoms with E-state index in [1.807, 2.05) is 20.8 Å². The molecule has 2 aromatic rings. The van der Waals surface area contributed by atoms with Crippen LogP contribution in [0.4, 0.5) is 10.1 Å². The number of rotatable bonds is 6. The van der Waals surface area contributed by atoms with Gasteiger partial charge in [-0.2, -0.15) is 0 Å². The number of amides is 2. The predicted molar refractivity (Wildman–Crippen MR) is 112 cm³/mol. The van der Waals surface area contributed by atoms with Crippen molar-refractivity contribution in [2.24, 2.45) is 5.73 Å². The van der Waals surface area contributed by atoms with Crippen LogP contribution in [0, 0.1) is 0 Å². The van der Waals surface area contributed by atoms with Crippen LogP contribution in [0.25, 0.3) is 0 Å². The van der Waals surface area contributed by atoms with E-state index >= 15 is 0 Å². The van der Waals surface area contributed by atoms with Crippen LogP contribution in [0.2, 0.25) is 0 Å². The fraction of sp³-hybridized carbons (Fsp3) is 0.529. The van der Waals surface area contributed by atoms with Gasteiger partial charge in [-0.15, -0.1) is 21.5 Å². The maximum Gasteiger partial charge on any atom is 0.251 e. The summed E-state index contributed by atoms with van der Waals surface area (Å²) in [6.45, 7) is 6.14. The quantitative estimate of drug-likeness (QED) is 0.611. The normalized spacial score (nSPS) is 13.9. The van der Waals surface area contributed by atoms with E-state index in [4.69, 9.17) is 5.73 Å². The summed E-state index contributed by atoms with van der Waals surface area (Å²) in [4.78, 5) is 25.4. The van der Waals surface area contributed by atoms with Gasteiger partial charge in [-0.1, -0.05) is 23.1 Å². The highest BCUT2D eigenvalue weighted by molar-refractivity contribution is 8.01. The molecule has 2 amide bonds. The van der Waals surface area contributed by atoms with Gasteiger partial charge in [0.1, 0.15) is 5.00 Å². The molecule has 2 aromatic heterocycles. The Labute approximate surface area is 170 Å². The average Bonchev–Trinajstić information content (AvgIpc) is 3.14. The molecule has 0 fully saturated rings. The van der Waals surface area contributed by atoms with Gasteiger partial charge in [-0.05, 0) is 52.0 Å². The van der Waals surface area contributed by atoms with Crippen LogP contribution in [0.1, 0.15) is 54.4 Å². The van der Waals surface area contributed by atoms with E-state index in [1.165, 1.54) is 39.3 Å². The first-order valence-corrected chi connectivity index (χ1v) is 11.3. The number of nitrogens with one attached hydrogen (secondary N) is 2. The van der Waals surface area contributed by atoms with Gasteiger partial charge in [-0.25, -0.2) is 0 Å². The zero-order chi connectivity index (χ0) is 19.6. The molecule has 7 nitrogen and oxygen atoms in total. The van der Waals surface area contributed by atoms with Crippen LogP contribution in [0.15, 0.2) is 4.34 Å². The minimum Gasteiger partial charge on any atom is -0.365 e. The van der Waals surface area contributed by atoms with Gasteiger partial charge in [-0.3, -0.25) is 9.59 Å². The van der Waals surface area contributed by atoms with Gasteiger partial charge in [0.15, 0.2) is 4.34 Å². The third kappa shape index (κ3) is 5.20. The molecule has 3 rings (SSSR count). The number of aromatic nitrogens is 2. The first kappa shape index (κ1) is 20.1. The summed E-state index contributed by atoms with van der Waals surface area (Å²) in [5, 5.41) is 15.6. The van der Waals surface area contributed by atoms with Crippen molar-refractivity contribution in [3.8, 4) is 0 Å². The van der Waals surface area contributed by atoms with Gasteiger partial charge in [0.05, 0.1) is 11.3 Å². The first-order chi connectivity index (χ1) is 12.7. The molecule has 0 saturated carbocycles. The van der Waals surface area contributed by atoms with Crippen LogP contribution in [0.3, 0.4) is 0 Å². The topological polar surface area (TPSA) is 110 Å². The van der Waals surface area contributed by atoms with Crippen molar-refractivity contribution >= 4 is 56.4 Å². The van der Waals surface area contributed by atoms with Crippen molar-refractivity contribution < 1.29 is 9.59 Å². The van der Waals surface area contributed by atoms with Crippen LogP contribution < -0.4 is 16.4 Å². The van der Waals surface area contributed by atoms with Crippen LogP contribution in [0.5, 0.6) is 0 Å². The molecule has 10 heteroatoms. The summed E-state index contributed by atoms with van der Waals surface area (Å²) < 4.78 is 0.720. The Morgan fingerprint density at radius 3 is 2.63 bits per heavy atom. The molecule has 0 bridgehead atoms. The number of primary amides is 1. The van der Waals surface area contributed by atoms with E-state index in [2.05, 4.69) is 20.8 Å². The lowest BCUT2D eigenvalue weighted by atomic mass is 9.95. The summed E-state index contributed by atoms with van der Waals surface area (Å²) in [5.41, 5.74) is 6.97. The highest BCUT2D eigenvalue weighted by atomic mass is 32.2. The van der Waals surface area contributed by atoms with Gasteiger partial charge in [0.2, 0.25) is 11.0 Å². The second kappa shape index (κ2) is 8.15. The summed E-state index contributed by atoms with van der Waals surface area (Å²) in [6.07, 6.45) is 3.95. The van der Waals surface area contributed by atoms with Crippen molar-refractivity contribution in [2.75, 3.05) is 16.4 Å². The zero-order valence-corrected chi connectivity index (χ0v) is 18.0. The lowest BCUT2D eigenvalue weighted by molar-refractivity contribution is -0.113. The number of fused-ring (bicyclic) bond motifs is 1. The zero-order valence-electron chi connectivity index (χ0n) is 15.5. The molecule has 0 aromatic carbocycles. The van der Waals surface area contributed by atoms with Crippen molar-refractivity contribution in [3.05, 3.63) is 16.0 Å². The van der Waals surface area contributed by atoms with Crippen LogP contribution in [-0.4, -0.2) is 33.3 Å². The molecule has 0 saturated heterocycles. The second-order valence-electron chi connectivity index (χ2n) is 7.36. The van der Waals surface area contributed by atoms with E-state index in [0.717, 1.165) is 40.7 Å². The van der Waals surface area contributed by atoms with Crippen molar-refractivity contribution in [1.82, 2.24) is 10.2 Å². The fourth-order valence-electron chi connectivity index (χ4n) is 2.84. The van der Waals surface area contributed by atoms with Crippen molar-refractivity contribution in [2.45, 2.75) is 56.3 Å². The third-order valence-corrected chi connectivity index (χ3v) is 7.07. The van der Waals surface area contributed by atoms with E-state index < -0.39 is 5.91 Å². The van der Waals surface area contributed by atoms with Gasteiger partial charge >= 0.3 is 0 Å². The molecule has 4 N–H and O–H groups in total. The SMILES string of the molecule is CC(C)(C)Nc1nnc(SCC(=O)Nc2sc3c(c2C(N)=O)CCCC3)s1. The highest BCUT2D eigenvalue weighted by Gasteiger charge is 2.25. The molecule has 0 aliphatic heterocycles. The number of aryl methyl sites for hydroxylation is 1. The lowest BCUT2D eigenvalue weighted by Crippen LogP contribution is -2.25. The number of carbonyl (C=O) groups excluding carboxylic acids is 2. The van der Waals surface area contributed by atoms with Gasteiger partial charge < -0.3 is 16.4 Å². The molecule has 2 heterocycles. The molecule has 0 radical (unpaired) electrons. The van der Waals surface area contributed by atoms with E-state index in [1.54, 1.807) is 0 Å². The first-order valence-electron chi connectivity index (χ1n) is 8.71. The van der Waals surface area contributed by atoms with E-state index in [9.17, 15) is 9.59 Å². The Balaban J connectivity index is 1.62. The molecule has 27 heavy (non-hydrogen) atoms. The number of anilines is 2. The van der Waals surface area contributed by atoms with Crippen LogP contribution >= 0.6 is 34.4 Å². The molecule has 146 valence electrons. The molecule has 1 aliphatic carbocycles. The summed E-state index contributed by atoms with van der Waals surface area (Å²) in [6, 6.07) is 0. The number of thioether (sulfide) groups is 1. The molecule has 0 unspecified atom stereocenters. The molecule has 1 aliphatic rings. The maximum atomic E-state index is 12.4.